The maximum atomic E-state index is 13.6. The highest BCUT2D eigenvalue weighted by Gasteiger charge is 2.43. The first-order valence-electron chi connectivity index (χ1n) is 7.78. The Kier molecular flexibility index (Phi) is 7.05. The van der Waals surface area contributed by atoms with Crippen molar-refractivity contribution in [2.45, 2.75) is 51.4 Å². The van der Waals surface area contributed by atoms with Gasteiger partial charge in [0.15, 0.2) is 0 Å². The van der Waals surface area contributed by atoms with Gasteiger partial charge in [0.25, 0.3) is 5.91 Å². The number of carbonyl (C=O) groups excluding carboxylic acids is 3. The van der Waals surface area contributed by atoms with Gasteiger partial charge in [0.1, 0.15) is 18.2 Å². The zero-order chi connectivity index (χ0) is 20.0. The van der Waals surface area contributed by atoms with Crippen molar-refractivity contribution in [1.82, 2.24) is 5.32 Å². The summed E-state index contributed by atoms with van der Waals surface area (Å²) in [5, 5.41) is 2.00. The lowest BCUT2D eigenvalue weighted by atomic mass is 10.1. The summed E-state index contributed by atoms with van der Waals surface area (Å²) in [6, 6.07) is 6.81. The third-order valence-electron chi connectivity index (χ3n) is 3.02. The van der Waals surface area contributed by atoms with Gasteiger partial charge < -0.3 is 20.5 Å². The fraction of sp³-hybridized carbons (Fsp3) is 0.471. The van der Waals surface area contributed by atoms with E-state index in [0.717, 1.165) is 0 Å². The van der Waals surface area contributed by atoms with Gasteiger partial charge in [-0.2, -0.15) is 8.78 Å². The monoisotopic (exact) mass is 372 g/mol. The summed E-state index contributed by atoms with van der Waals surface area (Å²) in [5.74, 6) is -7.05. The average Bonchev–Trinajstić information content (AvgIpc) is 2.51. The van der Waals surface area contributed by atoms with Gasteiger partial charge in [-0.1, -0.05) is 30.3 Å². The van der Waals surface area contributed by atoms with Crippen molar-refractivity contribution in [2.75, 3.05) is 0 Å². The third-order valence-corrected chi connectivity index (χ3v) is 3.02. The molecule has 9 heteroatoms. The lowest BCUT2D eigenvalue weighted by Gasteiger charge is -2.26. The van der Waals surface area contributed by atoms with Crippen LogP contribution >= 0.6 is 0 Å². The van der Waals surface area contributed by atoms with Gasteiger partial charge in [-0.15, -0.1) is 0 Å². The Hall–Kier alpha value is -2.71. The highest BCUT2D eigenvalue weighted by molar-refractivity contribution is 5.85. The van der Waals surface area contributed by atoms with E-state index >= 15 is 0 Å². The number of rotatable bonds is 7. The Bertz CT molecular complexity index is 644. The second kappa shape index (κ2) is 8.59. The molecule has 7 nitrogen and oxygen atoms in total. The maximum absolute atomic E-state index is 13.6. The molecule has 1 aromatic carbocycles. The van der Waals surface area contributed by atoms with Crippen LogP contribution < -0.4 is 11.1 Å². The van der Waals surface area contributed by atoms with Crippen LogP contribution in [-0.4, -0.2) is 35.5 Å². The van der Waals surface area contributed by atoms with Gasteiger partial charge >= 0.3 is 18.0 Å². The number of alkyl carbamates (subject to hydrolysis) is 1. The number of halogens is 2. The van der Waals surface area contributed by atoms with Crippen LogP contribution in [0.3, 0.4) is 0 Å². The molecule has 0 fully saturated rings. The molecule has 2 amide bonds. The summed E-state index contributed by atoms with van der Waals surface area (Å²) in [6.07, 6.45) is -2.44. The van der Waals surface area contributed by atoms with Crippen molar-refractivity contribution in [3.05, 3.63) is 35.9 Å². The minimum atomic E-state index is -4.01. The lowest BCUT2D eigenvalue weighted by molar-refractivity contribution is -0.161. The number of ether oxygens (including phenoxy) is 2. The number of nitrogens with one attached hydrogen (secondary N) is 1. The van der Waals surface area contributed by atoms with Crippen molar-refractivity contribution >= 4 is 18.0 Å². The van der Waals surface area contributed by atoms with Crippen molar-refractivity contribution in [2.24, 2.45) is 5.73 Å². The second-order valence-electron chi connectivity index (χ2n) is 6.56. The molecule has 0 spiro atoms. The molecule has 144 valence electrons. The van der Waals surface area contributed by atoms with Crippen molar-refractivity contribution < 1.29 is 32.6 Å². The molecule has 0 aliphatic carbocycles. The molecule has 0 saturated carbocycles. The van der Waals surface area contributed by atoms with Gasteiger partial charge in [-0.3, -0.25) is 4.79 Å². The summed E-state index contributed by atoms with van der Waals surface area (Å²) in [7, 11) is 0. The Morgan fingerprint density at radius 2 is 1.73 bits per heavy atom. The lowest BCUT2D eigenvalue weighted by Crippen LogP contribution is -2.50. The first kappa shape index (κ1) is 21.3. The molecule has 1 aromatic rings. The average molecular weight is 372 g/mol. The van der Waals surface area contributed by atoms with Gasteiger partial charge in [0.05, 0.1) is 6.42 Å². The smallest absolute Gasteiger partial charge is 0.408 e. The molecule has 0 aliphatic heterocycles. The van der Waals surface area contributed by atoms with E-state index in [9.17, 15) is 23.2 Å². The molecule has 1 rings (SSSR count). The first-order valence-corrected chi connectivity index (χ1v) is 7.78. The van der Waals surface area contributed by atoms with Gasteiger partial charge in [-0.25, -0.2) is 9.59 Å². The van der Waals surface area contributed by atoms with Crippen molar-refractivity contribution in [3.63, 3.8) is 0 Å². The third kappa shape index (κ3) is 7.45. The van der Waals surface area contributed by atoms with Crippen LogP contribution in [0.1, 0.15) is 32.8 Å². The summed E-state index contributed by atoms with van der Waals surface area (Å²) in [5.41, 5.74) is 4.31. The largest absolute Gasteiger partial charge is 0.458 e. The molecule has 26 heavy (non-hydrogen) atoms. The zero-order valence-electron chi connectivity index (χ0n) is 14.8. The fourth-order valence-electron chi connectivity index (χ4n) is 1.83. The molecule has 3 N–H and O–H groups in total. The number of amides is 2. The minimum Gasteiger partial charge on any atom is -0.458 e. The van der Waals surface area contributed by atoms with Crippen molar-refractivity contribution in [1.29, 1.82) is 0 Å². The van der Waals surface area contributed by atoms with Crippen molar-refractivity contribution in [3.8, 4) is 0 Å². The number of esters is 1. The molecule has 0 aliphatic rings. The predicted octanol–water partition coefficient (Wildman–Crippen LogP) is 2.13. The van der Waals surface area contributed by atoms with E-state index in [1.807, 2.05) is 5.32 Å². The number of benzene rings is 1. The molecular formula is C17H22F2N2O5. The van der Waals surface area contributed by atoms with Crippen LogP contribution in [0.15, 0.2) is 30.3 Å². The Morgan fingerprint density at radius 3 is 2.23 bits per heavy atom. The zero-order valence-corrected chi connectivity index (χ0v) is 14.8. The van der Waals surface area contributed by atoms with Crippen LogP contribution in [0.5, 0.6) is 0 Å². The molecule has 0 radical (unpaired) electrons. The van der Waals surface area contributed by atoms with Crippen LogP contribution in [0.4, 0.5) is 13.6 Å². The molecule has 0 bridgehead atoms. The van der Waals surface area contributed by atoms with Crippen LogP contribution in [-0.2, 0) is 25.7 Å². The number of hydrogen-bond acceptors (Lipinski definition) is 5. The highest BCUT2D eigenvalue weighted by Crippen LogP contribution is 2.22. The van der Waals surface area contributed by atoms with E-state index in [1.54, 1.807) is 30.3 Å². The number of alkyl halides is 2. The number of hydrogen-bond donors (Lipinski definition) is 2. The molecule has 0 aromatic heterocycles. The SMILES string of the molecule is CC(C)(C)OC(=O)C(CC(F)(F)C(N)=O)NC(=O)OCc1ccccc1. The van der Waals surface area contributed by atoms with Crippen LogP contribution in [0, 0.1) is 0 Å². The summed E-state index contributed by atoms with van der Waals surface area (Å²) < 4.78 is 37.1. The Morgan fingerprint density at radius 1 is 1.15 bits per heavy atom. The maximum Gasteiger partial charge on any atom is 0.408 e. The van der Waals surface area contributed by atoms with Crippen LogP contribution in [0.25, 0.3) is 0 Å². The van der Waals surface area contributed by atoms with E-state index in [1.165, 1.54) is 20.8 Å². The Balaban J connectivity index is 2.78. The summed E-state index contributed by atoms with van der Waals surface area (Å²) >= 11 is 0. The van der Waals surface area contributed by atoms with E-state index in [2.05, 4.69) is 5.73 Å². The predicted molar refractivity (Wildman–Crippen MR) is 88.2 cm³/mol. The van der Waals surface area contributed by atoms with Gasteiger partial charge in [-0.05, 0) is 26.3 Å². The van der Waals surface area contributed by atoms with E-state index in [4.69, 9.17) is 9.47 Å². The van der Waals surface area contributed by atoms with Crippen LogP contribution in [0.2, 0.25) is 0 Å². The van der Waals surface area contributed by atoms with Gasteiger partial charge in [0.2, 0.25) is 0 Å². The number of primary amides is 1. The summed E-state index contributed by atoms with van der Waals surface area (Å²) in [4.78, 5) is 34.8. The normalized spacial score (nSPS) is 12.8. The first-order chi connectivity index (χ1) is 11.9. The minimum absolute atomic E-state index is 0.125. The second-order valence-corrected chi connectivity index (χ2v) is 6.56. The topological polar surface area (TPSA) is 108 Å². The standard InChI is InChI=1S/C17H22F2N2O5/c1-16(2,3)26-13(22)12(9-17(18,19)14(20)23)21-15(24)25-10-11-7-5-4-6-8-11/h4-8,12H,9-10H2,1-3H3,(H2,20,23)(H,21,24). The molecule has 1 unspecified atom stereocenters. The summed E-state index contributed by atoms with van der Waals surface area (Å²) in [6.45, 7) is 4.46. The van der Waals surface area contributed by atoms with Gasteiger partial charge in [0, 0.05) is 0 Å². The molecular weight excluding hydrogens is 350 g/mol. The molecule has 0 saturated heterocycles. The van der Waals surface area contributed by atoms with E-state index < -0.39 is 42.0 Å². The Labute approximate surface area is 149 Å². The van der Waals surface area contributed by atoms with E-state index in [-0.39, 0.29) is 6.61 Å². The van der Waals surface area contributed by atoms with E-state index in [0.29, 0.717) is 5.56 Å². The quantitative estimate of drug-likeness (QED) is 0.713. The highest BCUT2D eigenvalue weighted by atomic mass is 19.3. The number of nitrogens with two attached hydrogens (primary N) is 1. The number of carbonyl (C=O) groups is 3. The molecule has 1 atom stereocenters. The fourth-order valence-corrected chi connectivity index (χ4v) is 1.83. The molecule has 0 heterocycles.